The molecule has 0 fully saturated rings. The molecule has 2 aromatic rings. The highest BCUT2D eigenvalue weighted by Gasteiger charge is 2.25. The number of nitrogens with zero attached hydrogens (tertiary/aromatic N) is 2. The van der Waals surface area contributed by atoms with Gasteiger partial charge in [0.2, 0.25) is 0 Å². The molecule has 2 N–H and O–H groups in total. The van der Waals surface area contributed by atoms with Crippen molar-refractivity contribution in [1.82, 2.24) is 4.98 Å². The molecule has 0 saturated carbocycles. The summed E-state index contributed by atoms with van der Waals surface area (Å²) in [6, 6.07) is 7.90. The SMILES string of the molecule is COCc1c([N+](=O)[O-])c(/C=C/c2cccc(O)c2)[nH]c(=O)c1C#N. The Morgan fingerprint density at radius 1 is 1.46 bits per heavy atom. The first-order chi connectivity index (χ1) is 11.5. The van der Waals surface area contributed by atoms with Crippen molar-refractivity contribution >= 4 is 17.8 Å². The average Bonchev–Trinajstić information content (AvgIpc) is 2.53. The number of ether oxygens (including phenoxy) is 1. The number of pyridine rings is 1. The molecule has 1 aromatic heterocycles. The number of aromatic amines is 1. The van der Waals surface area contributed by atoms with Gasteiger partial charge in [-0.1, -0.05) is 18.2 Å². The van der Waals surface area contributed by atoms with Crippen LogP contribution >= 0.6 is 0 Å². The molecule has 0 radical (unpaired) electrons. The number of rotatable bonds is 5. The number of nitrogens with one attached hydrogen (secondary N) is 1. The lowest BCUT2D eigenvalue weighted by Gasteiger charge is -2.06. The predicted octanol–water partition coefficient (Wildman–Crippen LogP) is 2.18. The molecule has 1 heterocycles. The Morgan fingerprint density at radius 3 is 2.79 bits per heavy atom. The van der Waals surface area contributed by atoms with Gasteiger partial charge in [-0.25, -0.2) is 0 Å². The molecule has 0 atom stereocenters. The normalized spacial score (nSPS) is 10.7. The number of phenolic OH excluding ortho intramolecular Hbond substituents is 1. The Labute approximate surface area is 136 Å². The van der Waals surface area contributed by atoms with E-state index < -0.39 is 16.2 Å². The van der Waals surface area contributed by atoms with Crippen LogP contribution in [0.1, 0.15) is 22.4 Å². The summed E-state index contributed by atoms with van der Waals surface area (Å²) in [5.74, 6) is 0.0417. The minimum Gasteiger partial charge on any atom is -0.508 e. The zero-order valence-electron chi connectivity index (χ0n) is 12.6. The minimum absolute atomic E-state index is 0.0417. The van der Waals surface area contributed by atoms with E-state index in [1.807, 2.05) is 0 Å². The zero-order chi connectivity index (χ0) is 17.7. The summed E-state index contributed by atoms with van der Waals surface area (Å²) < 4.78 is 4.88. The second-order valence-electron chi connectivity index (χ2n) is 4.80. The van der Waals surface area contributed by atoms with Crippen LogP contribution in [-0.2, 0) is 11.3 Å². The Bertz CT molecular complexity index is 909. The van der Waals surface area contributed by atoms with Crippen LogP contribution in [0.2, 0.25) is 0 Å². The van der Waals surface area contributed by atoms with Crippen LogP contribution in [0.15, 0.2) is 29.1 Å². The molecule has 8 heteroatoms. The van der Waals surface area contributed by atoms with E-state index in [9.17, 15) is 20.0 Å². The summed E-state index contributed by atoms with van der Waals surface area (Å²) in [7, 11) is 1.31. The van der Waals surface area contributed by atoms with Crippen molar-refractivity contribution in [1.29, 1.82) is 5.26 Å². The number of nitro groups is 1. The Kier molecular flexibility index (Phi) is 5.09. The fourth-order valence-corrected chi connectivity index (χ4v) is 2.20. The summed E-state index contributed by atoms with van der Waals surface area (Å²) in [5, 5.41) is 29.9. The van der Waals surface area contributed by atoms with E-state index in [2.05, 4.69) is 4.98 Å². The van der Waals surface area contributed by atoms with E-state index in [0.29, 0.717) is 5.56 Å². The molecular formula is C16H13N3O5. The lowest BCUT2D eigenvalue weighted by molar-refractivity contribution is -0.386. The first kappa shape index (κ1) is 16.9. The van der Waals surface area contributed by atoms with Gasteiger partial charge in [0.15, 0.2) is 0 Å². The Morgan fingerprint density at radius 2 is 2.21 bits per heavy atom. The van der Waals surface area contributed by atoms with Gasteiger partial charge >= 0.3 is 0 Å². The van der Waals surface area contributed by atoms with Crippen LogP contribution < -0.4 is 5.56 Å². The van der Waals surface area contributed by atoms with E-state index >= 15 is 0 Å². The number of benzene rings is 1. The molecule has 0 bridgehead atoms. The first-order valence-corrected chi connectivity index (χ1v) is 6.77. The molecule has 24 heavy (non-hydrogen) atoms. The molecule has 0 unspecified atom stereocenters. The van der Waals surface area contributed by atoms with Gasteiger partial charge in [0.1, 0.15) is 23.1 Å². The molecule has 0 saturated heterocycles. The molecular weight excluding hydrogens is 314 g/mol. The van der Waals surface area contributed by atoms with E-state index in [-0.39, 0.29) is 29.2 Å². The van der Waals surface area contributed by atoms with Crippen LogP contribution in [-0.4, -0.2) is 22.1 Å². The van der Waals surface area contributed by atoms with E-state index in [1.165, 1.54) is 31.4 Å². The van der Waals surface area contributed by atoms with Gasteiger partial charge in [-0.15, -0.1) is 0 Å². The molecule has 0 aliphatic rings. The molecule has 8 nitrogen and oxygen atoms in total. The lowest BCUT2D eigenvalue weighted by Crippen LogP contribution is -2.18. The number of aromatic hydroxyl groups is 1. The monoisotopic (exact) mass is 327 g/mol. The van der Waals surface area contributed by atoms with Gasteiger partial charge in [-0.05, 0) is 23.8 Å². The van der Waals surface area contributed by atoms with Gasteiger partial charge in [0, 0.05) is 7.11 Å². The van der Waals surface area contributed by atoms with Crippen LogP contribution in [0.5, 0.6) is 5.75 Å². The second kappa shape index (κ2) is 7.21. The fourth-order valence-electron chi connectivity index (χ4n) is 2.20. The third kappa shape index (κ3) is 3.48. The number of hydrogen-bond acceptors (Lipinski definition) is 6. The molecule has 1 aromatic carbocycles. The molecule has 0 aliphatic heterocycles. The van der Waals surface area contributed by atoms with Gasteiger partial charge in [0.05, 0.1) is 17.1 Å². The predicted molar refractivity (Wildman–Crippen MR) is 86.2 cm³/mol. The quantitative estimate of drug-likeness (QED) is 0.639. The van der Waals surface area contributed by atoms with E-state index in [0.717, 1.165) is 0 Å². The van der Waals surface area contributed by atoms with Crippen molar-refractivity contribution in [2.75, 3.05) is 7.11 Å². The first-order valence-electron chi connectivity index (χ1n) is 6.77. The van der Waals surface area contributed by atoms with Gasteiger partial charge in [-0.2, -0.15) is 5.26 Å². The smallest absolute Gasteiger partial charge is 0.299 e. The largest absolute Gasteiger partial charge is 0.508 e. The number of hydrogen-bond donors (Lipinski definition) is 2. The van der Waals surface area contributed by atoms with Crippen LogP contribution in [0.4, 0.5) is 5.69 Å². The number of aromatic nitrogens is 1. The van der Waals surface area contributed by atoms with Crippen molar-refractivity contribution in [3.8, 4) is 11.8 Å². The molecule has 0 spiro atoms. The minimum atomic E-state index is -0.731. The molecule has 2 rings (SSSR count). The number of nitriles is 1. The van der Waals surface area contributed by atoms with Gasteiger partial charge < -0.3 is 14.8 Å². The van der Waals surface area contributed by atoms with Crippen molar-refractivity contribution in [2.45, 2.75) is 6.61 Å². The van der Waals surface area contributed by atoms with Gasteiger partial charge in [-0.3, -0.25) is 14.9 Å². The molecule has 0 amide bonds. The Hall–Kier alpha value is -3.44. The maximum absolute atomic E-state index is 12.0. The fraction of sp³-hybridized carbons (Fsp3) is 0.125. The summed E-state index contributed by atoms with van der Waals surface area (Å²) >= 11 is 0. The maximum Gasteiger partial charge on any atom is 0.299 e. The van der Waals surface area contributed by atoms with Crippen LogP contribution in [0.3, 0.4) is 0 Å². The van der Waals surface area contributed by atoms with Crippen LogP contribution in [0.25, 0.3) is 12.2 Å². The van der Waals surface area contributed by atoms with Crippen molar-refractivity contribution in [3.05, 3.63) is 67.1 Å². The summed E-state index contributed by atoms with van der Waals surface area (Å²) in [5.41, 5.74) is -1.03. The molecule has 0 aliphatic carbocycles. The summed E-state index contributed by atoms with van der Waals surface area (Å²) in [6.45, 7) is -0.240. The highest BCUT2D eigenvalue weighted by Crippen LogP contribution is 2.26. The number of phenols is 1. The zero-order valence-corrected chi connectivity index (χ0v) is 12.6. The Balaban J connectivity index is 2.63. The van der Waals surface area contributed by atoms with Crippen molar-refractivity contribution < 1.29 is 14.8 Å². The molecule has 122 valence electrons. The number of methoxy groups -OCH3 is 1. The maximum atomic E-state index is 12.0. The summed E-state index contributed by atoms with van der Waals surface area (Å²) in [4.78, 5) is 25.0. The highest BCUT2D eigenvalue weighted by atomic mass is 16.6. The third-order valence-electron chi connectivity index (χ3n) is 3.21. The number of H-pyrrole nitrogens is 1. The van der Waals surface area contributed by atoms with E-state index in [4.69, 9.17) is 10.00 Å². The average molecular weight is 327 g/mol. The highest BCUT2D eigenvalue weighted by molar-refractivity contribution is 5.74. The topological polar surface area (TPSA) is 129 Å². The van der Waals surface area contributed by atoms with Gasteiger partial charge in [0.25, 0.3) is 11.2 Å². The lowest BCUT2D eigenvalue weighted by atomic mass is 10.1. The van der Waals surface area contributed by atoms with Crippen molar-refractivity contribution in [2.24, 2.45) is 0 Å². The third-order valence-corrected chi connectivity index (χ3v) is 3.21. The van der Waals surface area contributed by atoms with E-state index in [1.54, 1.807) is 18.2 Å². The summed E-state index contributed by atoms with van der Waals surface area (Å²) in [6.07, 6.45) is 2.84. The van der Waals surface area contributed by atoms with Crippen molar-refractivity contribution in [3.63, 3.8) is 0 Å². The standard InChI is InChI=1S/C16H13N3O5/c1-24-9-13-12(8-17)16(21)18-14(15(13)19(22)23)6-5-10-3-2-4-11(20)7-10/h2-7,20H,9H2,1H3,(H,18,21)/b6-5+. The van der Waals surface area contributed by atoms with Crippen LogP contribution in [0, 0.1) is 21.4 Å². The second-order valence-corrected chi connectivity index (χ2v) is 4.80.